The Morgan fingerprint density at radius 1 is 1.47 bits per heavy atom. The molecule has 0 spiro atoms. The highest BCUT2D eigenvalue weighted by Gasteiger charge is 2.23. The van der Waals surface area contributed by atoms with Crippen LogP contribution in [0.4, 0.5) is 0 Å². The summed E-state index contributed by atoms with van der Waals surface area (Å²) in [5, 5.41) is 14.8. The third kappa shape index (κ3) is 2.18. The van der Waals surface area contributed by atoms with E-state index in [0.717, 1.165) is 11.5 Å². The average Bonchev–Trinajstić information content (AvgIpc) is 2.91. The number of hydrogen-bond acceptors (Lipinski definition) is 4. The van der Waals surface area contributed by atoms with Crippen LogP contribution in [0.15, 0.2) is 12.5 Å². The fourth-order valence-corrected chi connectivity index (χ4v) is 2.03. The SMILES string of the molecule is CNC(c1ncn[nH]1)c1c(Cl)cnn1C(C)C. The molecule has 17 heavy (non-hydrogen) atoms. The minimum Gasteiger partial charge on any atom is -0.305 e. The number of nitrogens with zero attached hydrogens (tertiary/aromatic N) is 4. The van der Waals surface area contributed by atoms with Crippen molar-refractivity contribution >= 4 is 11.6 Å². The summed E-state index contributed by atoms with van der Waals surface area (Å²) in [4.78, 5) is 4.16. The molecule has 2 N–H and O–H groups in total. The molecule has 0 aliphatic heterocycles. The molecule has 0 aliphatic carbocycles. The molecule has 2 heterocycles. The van der Waals surface area contributed by atoms with Crippen LogP contribution < -0.4 is 5.32 Å². The number of H-pyrrole nitrogens is 1. The first-order valence-corrected chi connectivity index (χ1v) is 5.78. The van der Waals surface area contributed by atoms with Gasteiger partial charge in [-0.1, -0.05) is 11.6 Å². The number of halogens is 1. The summed E-state index contributed by atoms with van der Waals surface area (Å²) in [6.07, 6.45) is 3.13. The first-order chi connectivity index (χ1) is 8.15. The summed E-state index contributed by atoms with van der Waals surface area (Å²) in [5.74, 6) is 0.719. The number of rotatable bonds is 4. The third-order valence-corrected chi connectivity index (χ3v) is 2.84. The van der Waals surface area contributed by atoms with Gasteiger partial charge in [-0.05, 0) is 20.9 Å². The second-order valence-electron chi connectivity index (χ2n) is 4.01. The van der Waals surface area contributed by atoms with Crippen molar-refractivity contribution in [3.05, 3.63) is 29.1 Å². The first-order valence-electron chi connectivity index (χ1n) is 5.40. The lowest BCUT2D eigenvalue weighted by atomic mass is 10.2. The minimum atomic E-state index is -0.144. The van der Waals surface area contributed by atoms with Crippen LogP contribution >= 0.6 is 11.6 Å². The van der Waals surface area contributed by atoms with Crippen LogP contribution in [0, 0.1) is 0 Å². The molecule has 7 heteroatoms. The lowest BCUT2D eigenvalue weighted by Crippen LogP contribution is -2.23. The molecule has 0 aliphatic rings. The quantitative estimate of drug-likeness (QED) is 0.868. The van der Waals surface area contributed by atoms with Gasteiger partial charge in [0, 0.05) is 6.04 Å². The van der Waals surface area contributed by atoms with Gasteiger partial charge in [0.25, 0.3) is 0 Å². The van der Waals surface area contributed by atoms with Crippen LogP contribution in [-0.2, 0) is 0 Å². The Morgan fingerprint density at radius 2 is 2.24 bits per heavy atom. The molecule has 92 valence electrons. The molecule has 2 rings (SSSR count). The van der Waals surface area contributed by atoms with Crippen LogP contribution in [0.25, 0.3) is 0 Å². The summed E-state index contributed by atoms with van der Waals surface area (Å²) in [7, 11) is 1.85. The zero-order chi connectivity index (χ0) is 12.4. The van der Waals surface area contributed by atoms with E-state index in [9.17, 15) is 0 Å². The van der Waals surface area contributed by atoms with Gasteiger partial charge >= 0.3 is 0 Å². The largest absolute Gasteiger partial charge is 0.305 e. The summed E-state index contributed by atoms with van der Waals surface area (Å²) in [5.41, 5.74) is 0.890. The van der Waals surface area contributed by atoms with Gasteiger partial charge in [0.05, 0.1) is 16.9 Å². The topological polar surface area (TPSA) is 71.4 Å². The minimum absolute atomic E-state index is 0.144. The molecule has 0 radical (unpaired) electrons. The maximum absolute atomic E-state index is 6.19. The molecule has 1 atom stereocenters. The molecule has 2 aromatic rings. The maximum atomic E-state index is 6.19. The van der Waals surface area contributed by atoms with E-state index in [1.54, 1.807) is 6.20 Å². The first kappa shape index (κ1) is 12.1. The van der Waals surface area contributed by atoms with Crippen LogP contribution in [0.2, 0.25) is 5.02 Å². The van der Waals surface area contributed by atoms with Gasteiger partial charge < -0.3 is 5.32 Å². The number of hydrogen-bond donors (Lipinski definition) is 2. The second kappa shape index (κ2) is 4.85. The van der Waals surface area contributed by atoms with Crippen molar-refractivity contribution in [3.63, 3.8) is 0 Å². The lowest BCUT2D eigenvalue weighted by Gasteiger charge is -2.18. The molecule has 6 nitrogen and oxygen atoms in total. The predicted octanol–water partition coefficient (Wildman–Crippen LogP) is 1.54. The third-order valence-electron chi connectivity index (χ3n) is 2.55. The Bertz CT molecular complexity index is 475. The predicted molar refractivity (Wildman–Crippen MR) is 64.9 cm³/mol. The van der Waals surface area contributed by atoms with E-state index in [2.05, 4.69) is 39.4 Å². The van der Waals surface area contributed by atoms with E-state index in [0.29, 0.717) is 5.02 Å². The summed E-state index contributed by atoms with van der Waals surface area (Å²) in [6.45, 7) is 4.11. The monoisotopic (exact) mass is 254 g/mol. The molecule has 0 aromatic carbocycles. The highest BCUT2D eigenvalue weighted by atomic mass is 35.5. The smallest absolute Gasteiger partial charge is 0.147 e. The van der Waals surface area contributed by atoms with Crippen molar-refractivity contribution in [2.45, 2.75) is 25.9 Å². The molecule has 0 saturated carbocycles. The Morgan fingerprint density at radius 3 is 2.76 bits per heavy atom. The van der Waals surface area contributed by atoms with E-state index in [-0.39, 0.29) is 12.1 Å². The molecule has 0 bridgehead atoms. The van der Waals surface area contributed by atoms with E-state index in [1.165, 1.54) is 6.33 Å². The molecule has 2 aromatic heterocycles. The van der Waals surface area contributed by atoms with Gasteiger partial charge in [-0.15, -0.1) is 0 Å². The van der Waals surface area contributed by atoms with Gasteiger partial charge in [-0.25, -0.2) is 4.98 Å². The van der Waals surface area contributed by atoms with Crippen molar-refractivity contribution < 1.29 is 0 Å². The Hall–Kier alpha value is -1.40. The number of aromatic nitrogens is 5. The van der Waals surface area contributed by atoms with Crippen molar-refractivity contribution in [3.8, 4) is 0 Å². The molecule has 0 fully saturated rings. The highest BCUT2D eigenvalue weighted by Crippen LogP contribution is 2.27. The van der Waals surface area contributed by atoms with Crippen molar-refractivity contribution in [1.82, 2.24) is 30.3 Å². The fraction of sp³-hybridized carbons (Fsp3) is 0.500. The molecule has 0 amide bonds. The summed E-state index contributed by atoms with van der Waals surface area (Å²) < 4.78 is 1.88. The standard InChI is InChI=1S/C10H15ClN6/c1-6(2)17-9(7(11)4-15-17)8(12-3)10-13-5-14-16-10/h4-6,8,12H,1-3H3,(H,13,14,16). The second-order valence-corrected chi connectivity index (χ2v) is 4.42. The molecular formula is C10H15ClN6. The Labute approximate surface area is 104 Å². The van der Waals surface area contributed by atoms with E-state index in [1.807, 2.05) is 11.7 Å². The maximum Gasteiger partial charge on any atom is 0.147 e. The number of nitrogens with one attached hydrogen (secondary N) is 2. The molecule has 1 unspecified atom stereocenters. The highest BCUT2D eigenvalue weighted by molar-refractivity contribution is 6.31. The number of aromatic amines is 1. The van der Waals surface area contributed by atoms with Crippen molar-refractivity contribution in [1.29, 1.82) is 0 Å². The van der Waals surface area contributed by atoms with Gasteiger partial charge in [-0.3, -0.25) is 9.78 Å². The lowest BCUT2D eigenvalue weighted by molar-refractivity contribution is 0.478. The van der Waals surface area contributed by atoms with Gasteiger partial charge in [0.1, 0.15) is 18.2 Å². The average molecular weight is 255 g/mol. The van der Waals surface area contributed by atoms with Gasteiger partial charge in [0.2, 0.25) is 0 Å². The summed E-state index contributed by atoms with van der Waals surface area (Å²) in [6, 6.07) is 0.0890. The Kier molecular flexibility index (Phi) is 3.44. The summed E-state index contributed by atoms with van der Waals surface area (Å²) >= 11 is 6.19. The van der Waals surface area contributed by atoms with Crippen LogP contribution in [0.1, 0.15) is 37.4 Å². The van der Waals surface area contributed by atoms with Crippen molar-refractivity contribution in [2.24, 2.45) is 0 Å². The normalized spacial score (nSPS) is 13.2. The van der Waals surface area contributed by atoms with E-state index in [4.69, 9.17) is 11.6 Å². The van der Waals surface area contributed by atoms with Crippen LogP contribution in [0.3, 0.4) is 0 Å². The zero-order valence-corrected chi connectivity index (χ0v) is 10.7. The molecule has 0 saturated heterocycles. The van der Waals surface area contributed by atoms with E-state index < -0.39 is 0 Å². The van der Waals surface area contributed by atoms with Gasteiger partial charge in [-0.2, -0.15) is 10.2 Å². The zero-order valence-electron chi connectivity index (χ0n) is 9.98. The Balaban J connectivity index is 2.47. The fourth-order valence-electron chi connectivity index (χ4n) is 1.79. The van der Waals surface area contributed by atoms with Crippen molar-refractivity contribution in [2.75, 3.05) is 7.05 Å². The molecular weight excluding hydrogens is 240 g/mol. The van der Waals surface area contributed by atoms with Gasteiger partial charge in [0.15, 0.2) is 0 Å². The van der Waals surface area contributed by atoms with Crippen LogP contribution in [0.5, 0.6) is 0 Å². The van der Waals surface area contributed by atoms with E-state index >= 15 is 0 Å². The van der Waals surface area contributed by atoms with Crippen LogP contribution in [-0.4, -0.2) is 32.0 Å².